The van der Waals surface area contributed by atoms with Gasteiger partial charge in [0, 0.05) is 19.6 Å². The Morgan fingerprint density at radius 2 is 2.12 bits per heavy atom. The van der Waals surface area contributed by atoms with Gasteiger partial charge in [0.15, 0.2) is 0 Å². The van der Waals surface area contributed by atoms with Gasteiger partial charge < -0.3 is 15.5 Å². The van der Waals surface area contributed by atoms with Crippen molar-refractivity contribution in [3.8, 4) is 0 Å². The highest BCUT2D eigenvalue weighted by atomic mass is 32.2. The molecule has 0 saturated heterocycles. The van der Waals surface area contributed by atoms with E-state index in [0.717, 1.165) is 51.7 Å². The lowest BCUT2D eigenvalue weighted by Gasteiger charge is -2.11. The van der Waals surface area contributed by atoms with Crippen LogP contribution in [0.5, 0.6) is 0 Å². The molecule has 0 bridgehead atoms. The molecule has 2 N–H and O–H groups in total. The summed E-state index contributed by atoms with van der Waals surface area (Å²) in [6.07, 6.45) is 4.60. The largest absolute Gasteiger partial charge is 0.368 e. The van der Waals surface area contributed by atoms with Crippen molar-refractivity contribution in [2.45, 2.75) is 13.3 Å². The van der Waals surface area contributed by atoms with Crippen molar-refractivity contribution in [3.05, 3.63) is 16.8 Å². The molecule has 0 aliphatic rings. The number of hydrogen-bond donors (Lipinski definition) is 2. The Labute approximate surface area is 151 Å². The van der Waals surface area contributed by atoms with Crippen LogP contribution in [0.4, 0.5) is 5.82 Å². The van der Waals surface area contributed by atoms with Crippen molar-refractivity contribution in [1.29, 1.82) is 0 Å². The van der Waals surface area contributed by atoms with Crippen LogP contribution < -0.4 is 10.6 Å². The van der Waals surface area contributed by atoms with Gasteiger partial charge in [-0.25, -0.2) is 9.97 Å². The van der Waals surface area contributed by atoms with Crippen LogP contribution in [0.2, 0.25) is 0 Å². The molecule has 2 aromatic heterocycles. The van der Waals surface area contributed by atoms with Gasteiger partial charge in [0.2, 0.25) is 0 Å². The molecule has 0 unspecified atom stereocenters. The van der Waals surface area contributed by atoms with Gasteiger partial charge in [-0.15, -0.1) is 11.3 Å². The van der Waals surface area contributed by atoms with Crippen molar-refractivity contribution in [2.75, 3.05) is 51.1 Å². The predicted octanol–water partition coefficient (Wildman–Crippen LogP) is 2.46. The number of amides is 1. The van der Waals surface area contributed by atoms with Gasteiger partial charge in [0.25, 0.3) is 5.91 Å². The van der Waals surface area contributed by atoms with Crippen LogP contribution in [-0.4, -0.2) is 66.5 Å². The number of nitrogens with zero attached hydrogens (tertiary/aromatic N) is 3. The Bertz CT molecular complexity index is 686. The molecule has 0 aliphatic carbocycles. The number of thiophene rings is 1. The highest BCUT2D eigenvalue weighted by Crippen LogP contribution is 2.33. The number of fused-ring (bicyclic) bond motifs is 1. The summed E-state index contributed by atoms with van der Waals surface area (Å²) in [5.74, 6) is 1.84. The SMILES string of the molecule is CSCCCNC(=O)c1sc2ncnc(NCCN(C)C)c2c1C. The van der Waals surface area contributed by atoms with Crippen molar-refractivity contribution in [3.63, 3.8) is 0 Å². The number of rotatable bonds is 9. The first-order chi connectivity index (χ1) is 11.5. The van der Waals surface area contributed by atoms with E-state index in [1.165, 1.54) is 11.3 Å². The Balaban J connectivity index is 2.15. The molecule has 0 radical (unpaired) electrons. The highest BCUT2D eigenvalue weighted by Gasteiger charge is 2.18. The summed E-state index contributed by atoms with van der Waals surface area (Å²) in [6.45, 7) is 4.38. The van der Waals surface area contributed by atoms with E-state index in [-0.39, 0.29) is 5.91 Å². The summed E-state index contributed by atoms with van der Waals surface area (Å²) < 4.78 is 0. The van der Waals surface area contributed by atoms with Crippen LogP contribution in [0.15, 0.2) is 6.33 Å². The van der Waals surface area contributed by atoms with E-state index in [1.54, 1.807) is 18.1 Å². The molecule has 2 heterocycles. The Morgan fingerprint density at radius 1 is 1.33 bits per heavy atom. The Morgan fingerprint density at radius 3 is 2.83 bits per heavy atom. The fourth-order valence-electron chi connectivity index (χ4n) is 2.32. The number of carbonyl (C=O) groups is 1. The molecule has 0 atom stereocenters. The second-order valence-corrected chi connectivity index (χ2v) is 7.78. The van der Waals surface area contributed by atoms with Crippen molar-refractivity contribution >= 4 is 45.0 Å². The first-order valence-electron chi connectivity index (χ1n) is 7.94. The second-order valence-electron chi connectivity index (χ2n) is 5.79. The fourth-order valence-corrected chi connectivity index (χ4v) is 3.82. The Hall–Kier alpha value is -1.38. The lowest BCUT2D eigenvalue weighted by molar-refractivity contribution is 0.0957. The number of aryl methyl sites for hydroxylation is 1. The number of aromatic nitrogens is 2. The van der Waals surface area contributed by atoms with Gasteiger partial charge in [-0.1, -0.05) is 0 Å². The molecule has 24 heavy (non-hydrogen) atoms. The third-order valence-electron chi connectivity index (χ3n) is 3.60. The quantitative estimate of drug-likeness (QED) is 0.664. The minimum atomic E-state index is -0.0177. The van der Waals surface area contributed by atoms with Crippen LogP contribution in [0, 0.1) is 6.92 Å². The van der Waals surface area contributed by atoms with E-state index in [4.69, 9.17) is 0 Å². The zero-order chi connectivity index (χ0) is 17.5. The van der Waals surface area contributed by atoms with Gasteiger partial charge >= 0.3 is 0 Å². The topological polar surface area (TPSA) is 70.1 Å². The molecule has 0 spiro atoms. The number of anilines is 1. The molecule has 0 aromatic carbocycles. The maximum absolute atomic E-state index is 12.4. The van der Waals surface area contributed by atoms with Crippen molar-refractivity contribution in [2.24, 2.45) is 0 Å². The van der Waals surface area contributed by atoms with Gasteiger partial charge in [-0.2, -0.15) is 11.8 Å². The maximum Gasteiger partial charge on any atom is 0.261 e. The summed E-state index contributed by atoms with van der Waals surface area (Å²) >= 11 is 3.22. The molecular formula is C16H25N5OS2. The molecule has 2 aromatic rings. The number of likely N-dealkylation sites (N-methyl/N-ethyl adjacent to an activating group) is 1. The lowest BCUT2D eigenvalue weighted by Crippen LogP contribution is -2.24. The minimum Gasteiger partial charge on any atom is -0.368 e. The van der Waals surface area contributed by atoms with E-state index in [2.05, 4.69) is 31.8 Å². The summed E-state index contributed by atoms with van der Waals surface area (Å²) in [4.78, 5) is 24.8. The minimum absolute atomic E-state index is 0.0177. The van der Waals surface area contributed by atoms with Crippen LogP contribution in [0.1, 0.15) is 21.7 Å². The van der Waals surface area contributed by atoms with Crippen LogP contribution >= 0.6 is 23.1 Å². The fraction of sp³-hybridized carbons (Fsp3) is 0.562. The normalized spacial score (nSPS) is 11.2. The summed E-state index contributed by atoms with van der Waals surface area (Å²) in [5, 5.41) is 7.30. The number of nitrogens with one attached hydrogen (secondary N) is 2. The molecule has 6 nitrogen and oxygen atoms in total. The average molecular weight is 368 g/mol. The Kier molecular flexibility index (Phi) is 7.26. The van der Waals surface area contributed by atoms with Gasteiger partial charge in [0.05, 0.1) is 10.3 Å². The van der Waals surface area contributed by atoms with Gasteiger partial charge in [-0.05, 0) is 45.0 Å². The van der Waals surface area contributed by atoms with Crippen LogP contribution in [0.3, 0.4) is 0 Å². The molecule has 132 valence electrons. The van der Waals surface area contributed by atoms with Crippen LogP contribution in [0.25, 0.3) is 10.2 Å². The van der Waals surface area contributed by atoms with E-state index in [9.17, 15) is 4.79 Å². The van der Waals surface area contributed by atoms with Crippen molar-refractivity contribution in [1.82, 2.24) is 20.2 Å². The molecule has 8 heteroatoms. The van der Waals surface area contributed by atoms with Crippen molar-refractivity contribution < 1.29 is 4.79 Å². The van der Waals surface area contributed by atoms with E-state index in [0.29, 0.717) is 6.54 Å². The molecule has 1 amide bonds. The van der Waals surface area contributed by atoms with Crippen LogP contribution in [-0.2, 0) is 0 Å². The average Bonchev–Trinajstić information content (AvgIpc) is 2.89. The standard InChI is InChI=1S/C16H25N5OS2/c1-11-12-14(17-7-8-21(2)3)19-10-20-16(12)24-13(11)15(22)18-6-5-9-23-4/h10H,5-9H2,1-4H3,(H,18,22)(H,17,19,20). The lowest BCUT2D eigenvalue weighted by atomic mass is 10.2. The smallest absolute Gasteiger partial charge is 0.261 e. The maximum atomic E-state index is 12.4. The summed E-state index contributed by atoms with van der Waals surface area (Å²) in [7, 11) is 4.07. The van der Waals surface area contributed by atoms with Gasteiger partial charge in [0.1, 0.15) is 17.0 Å². The third kappa shape index (κ3) is 4.81. The third-order valence-corrected chi connectivity index (χ3v) is 5.49. The second kappa shape index (κ2) is 9.19. The molecule has 0 fully saturated rings. The summed E-state index contributed by atoms with van der Waals surface area (Å²) in [6, 6.07) is 0. The first-order valence-corrected chi connectivity index (χ1v) is 10.2. The molecule has 0 saturated carbocycles. The number of carbonyl (C=O) groups excluding carboxylic acids is 1. The zero-order valence-electron chi connectivity index (χ0n) is 14.7. The highest BCUT2D eigenvalue weighted by molar-refractivity contribution is 7.98. The molecular weight excluding hydrogens is 342 g/mol. The summed E-state index contributed by atoms with van der Waals surface area (Å²) in [5.41, 5.74) is 0.949. The van der Waals surface area contributed by atoms with E-state index in [1.807, 2.05) is 21.0 Å². The number of hydrogen-bond acceptors (Lipinski definition) is 7. The van der Waals surface area contributed by atoms with E-state index >= 15 is 0 Å². The predicted molar refractivity (Wildman–Crippen MR) is 105 cm³/mol. The molecule has 2 rings (SSSR count). The first kappa shape index (κ1) is 19.0. The van der Waals surface area contributed by atoms with E-state index < -0.39 is 0 Å². The molecule has 0 aliphatic heterocycles. The van der Waals surface area contributed by atoms with Gasteiger partial charge in [-0.3, -0.25) is 4.79 Å². The number of thioether (sulfide) groups is 1. The zero-order valence-corrected chi connectivity index (χ0v) is 16.3. The monoisotopic (exact) mass is 367 g/mol.